The maximum Gasteiger partial charge on any atom is 0.279 e. The lowest BCUT2D eigenvalue weighted by Gasteiger charge is -2.11. The molecule has 1 N–H and O–H groups in total. The van der Waals surface area contributed by atoms with Crippen LogP contribution in [0.4, 0.5) is 0 Å². The quantitative estimate of drug-likeness (QED) is 0.697. The molecule has 6 heteroatoms. The Morgan fingerprint density at radius 3 is 2.62 bits per heavy atom. The maximum absolute atomic E-state index is 12.8. The molecule has 0 aliphatic rings. The van der Waals surface area contributed by atoms with Crippen LogP contribution in [0.25, 0.3) is 18.3 Å². The van der Waals surface area contributed by atoms with Crippen molar-refractivity contribution in [2.24, 2.45) is 0 Å². The summed E-state index contributed by atoms with van der Waals surface area (Å²) in [6.45, 7) is 6.41. The fourth-order valence-corrected chi connectivity index (χ4v) is 3.08. The smallest absolute Gasteiger partial charge is 0.279 e. The van der Waals surface area contributed by atoms with E-state index in [9.17, 15) is 4.79 Å². The monoisotopic (exact) mass is 414 g/mol. The Hall–Kier alpha value is -2.73. The van der Waals surface area contributed by atoms with Gasteiger partial charge < -0.3 is 9.47 Å². The Morgan fingerprint density at radius 1 is 1.23 bits per heavy atom. The summed E-state index contributed by atoms with van der Waals surface area (Å²) in [5, 5.41) is 4.05. The molecule has 1 heterocycles. The molecule has 0 saturated carbocycles. The Labute approximate surface area is 159 Å². The fourth-order valence-electron chi connectivity index (χ4n) is 2.65. The summed E-state index contributed by atoms with van der Waals surface area (Å²) in [5.74, 6) is 1.25. The number of para-hydroxylation sites is 1. The van der Waals surface area contributed by atoms with Crippen LogP contribution in [0.15, 0.2) is 51.7 Å². The van der Waals surface area contributed by atoms with Crippen molar-refractivity contribution in [3.63, 3.8) is 0 Å². The Bertz CT molecular complexity index is 1080. The fraction of sp³-hybridized carbons (Fsp3) is 0.150. The number of methoxy groups -OCH3 is 1. The molecule has 134 valence electrons. The van der Waals surface area contributed by atoms with E-state index in [-0.39, 0.29) is 5.56 Å². The van der Waals surface area contributed by atoms with Crippen LogP contribution in [0, 0.1) is 0 Å². The van der Waals surface area contributed by atoms with E-state index in [1.807, 2.05) is 49.4 Å². The first kappa shape index (κ1) is 18.1. The Balaban J connectivity index is 2.16. The molecule has 2 aromatic carbocycles. The van der Waals surface area contributed by atoms with E-state index in [2.05, 4.69) is 27.6 Å². The molecule has 26 heavy (non-hydrogen) atoms. The molecule has 3 aromatic rings. The molecule has 0 spiro atoms. The van der Waals surface area contributed by atoms with E-state index in [0.717, 1.165) is 15.7 Å². The number of aromatic nitrogens is 2. The minimum absolute atomic E-state index is 0.166. The van der Waals surface area contributed by atoms with Gasteiger partial charge in [0.05, 0.1) is 30.0 Å². The van der Waals surface area contributed by atoms with Crippen LogP contribution in [-0.2, 0) is 0 Å². The highest BCUT2D eigenvalue weighted by Crippen LogP contribution is 2.33. The molecule has 0 aliphatic heterocycles. The van der Waals surface area contributed by atoms with E-state index in [4.69, 9.17) is 9.47 Å². The summed E-state index contributed by atoms with van der Waals surface area (Å²) in [6, 6.07) is 13.0. The molecule has 3 rings (SSSR count). The molecule has 1 aromatic heterocycles. The van der Waals surface area contributed by atoms with E-state index < -0.39 is 0 Å². The number of ether oxygens (including phenoxy) is 2. The highest BCUT2D eigenvalue weighted by Gasteiger charge is 2.10. The molecular weight excluding hydrogens is 396 g/mol. The minimum Gasteiger partial charge on any atom is -0.493 e. The third-order valence-electron chi connectivity index (χ3n) is 3.90. The molecule has 0 saturated heterocycles. The molecule has 5 nitrogen and oxygen atoms in total. The van der Waals surface area contributed by atoms with Gasteiger partial charge in [0.1, 0.15) is 0 Å². The maximum atomic E-state index is 12.8. The summed E-state index contributed by atoms with van der Waals surface area (Å²) >= 11 is 3.53. The van der Waals surface area contributed by atoms with Crippen molar-refractivity contribution < 1.29 is 9.47 Å². The van der Waals surface area contributed by atoms with Crippen LogP contribution >= 0.6 is 15.9 Å². The summed E-state index contributed by atoms with van der Waals surface area (Å²) in [4.78, 5) is 12.8. The summed E-state index contributed by atoms with van der Waals surface area (Å²) in [7, 11) is 1.58. The van der Waals surface area contributed by atoms with Crippen molar-refractivity contribution in [2.75, 3.05) is 13.7 Å². The summed E-state index contributed by atoms with van der Waals surface area (Å²) in [6.07, 6.45) is 1.78. The second kappa shape index (κ2) is 7.66. The summed E-state index contributed by atoms with van der Waals surface area (Å²) in [5.41, 5.74) is 1.39. The van der Waals surface area contributed by atoms with Crippen LogP contribution in [0.1, 0.15) is 12.5 Å². The SMILES string of the molecule is C=c1[nH]n(-c2ccccc2)c(=O)/c1=C/c1cc(OC)c(OCC)cc1Br. The van der Waals surface area contributed by atoms with Gasteiger partial charge in [-0.2, -0.15) is 0 Å². The van der Waals surface area contributed by atoms with Gasteiger partial charge in [0.25, 0.3) is 5.56 Å². The van der Waals surface area contributed by atoms with Gasteiger partial charge >= 0.3 is 0 Å². The van der Waals surface area contributed by atoms with Gasteiger partial charge in [-0.1, -0.05) is 40.7 Å². The average molecular weight is 415 g/mol. The number of rotatable bonds is 5. The zero-order valence-electron chi connectivity index (χ0n) is 14.6. The van der Waals surface area contributed by atoms with E-state index >= 15 is 0 Å². The number of nitrogens with zero attached hydrogens (tertiary/aromatic N) is 1. The van der Waals surface area contributed by atoms with Crippen molar-refractivity contribution in [1.82, 2.24) is 9.78 Å². The standard InChI is InChI=1S/C20H19BrN2O3/c1-4-26-19-12-17(21)14(11-18(19)25-3)10-16-13(2)22-23(20(16)24)15-8-6-5-7-9-15/h5-12,22H,2,4H2,1,3H3/b16-10+. The highest BCUT2D eigenvalue weighted by molar-refractivity contribution is 9.10. The number of halogens is 1. The van der Waals surface area contributed by atoms with Crippen molar-refractivity contribution in [2.45, 2.75) is 6.92 Å². The minimum atomic E-state index is -0.166. The molecule has 0 amide bonds. The van der Waals surface area contributed by atoms with Gasteiger partial charge in [0.15, 0.2) is 11.5 Å². The lowest BCUT2D eigenvalue weighted by atomic mass is 10.1. The van der Waals surface area contributed by atoms with Crippen LogP contribution in [0.5, 0.6) is 11.5 Å². The van der Waals surface area contributed by atoms with Gasteiger partial charge in [0.2, 0.25) is 0 Å². The Kier molecular flexibility index (Phi) is 5.32. The van der Waals surface area contributed by atoms with Gasteiger partial charge in [-0.05, 0) is 42.8 Å². The third kappa shape index (κ3) is 3.46. The number of aromatic amines is 1. The number of H-pyrrole nitrogens is 1. The van der Waals surface area contributed by atoms with E-state index in [1.165, 1.54) is 4.68 Å². The zero-order chi connectivity index (χ0) is 18.7. The van der Waals surface area contributed by atoms with Gasteiger partial charge in [0, 0.05) is 4.47 Å². The van der Waals surface area contributed by atoms with Gasteiger partial charge in [-0.3, -0.25) is 9.89 Å². The van der Waals surface area contributed by atoms with Crippen LogP contribution < -0.4 is 25.6 Å². The van der Waals surface area contributed by atoms with E-state index in [1.54, 1.807) is 13.2 Å². The molecule has 0 bridgehead atoms. The van der Waals surface area contributed by atoms with Crippen LogP contribution in [-0.4, -0.2) is 23.5 Å². The van der Waals surface area contributed by atoms with Crippen molar-refractivity contribution >= 4 is 28.6 Å². The van der Waals surface area contributed by atoms with Gasteiger partial charge in [-0.15, -0.1) is 0 Å². The van der Waals surface area contributed by atoms with Crippen molar-refractivity contribution in [1.29, 1.82) is 0 Å². The van der Waals surface area contributed by atoms with E-state index in [0.29, 0.717) is 28.7 Å². The number of hydrogen-bond acceptors (Lipinski definition) is 3. The lowest BCUT2D eigenvalue weighted by molar-refractivity contribution is 0.310. The zero-order valence-corrected chi connectivity index (χ0v) is 16.2. The predicted octanol–water partition coefficient (Wildman–Crippen LogP) is 2.57. The predicted molar refractivity (Wildman–Crippen MR) is 107 cm³/mol. The number of hydrogen-bond donors (Lipinski definition) is 1. The second-order valence-electron chi connectivity index (χ2n) is 5.58. The average Bonchev–Trinajstić information content (AvgIpc) is 2.93. The normalized spacial score (nSPS) is 11.6. The Morgan fingerprint density at radius 2 is 1.96 bits per heavy atom. The molecule has 0 aliphatic carbocycles. The van der Waals surface area contributed by atoms with Crippen LogP contribution in [0.3, 0.4) is 0 Å². The second-order valence-corrected chi connectivity index (χ2v) is 6.44. The van der Waals surface area contributed by atoms with Crippen molar-refractivity contribution in [3.05, 3.63) is 73.4 Å². The van der Waals surface area contributed by atoms with Crippen LogP contribution in [0.2, 0.25) is 0 Å². The van der Waals surface area contributed by atoms with Gasteiger partial charge in [-0.25, -0.2) is 4.68 Å². The number of benzene rings is 2. The highest BCUT2D eigenvalue weighted by atomic mass is 79.9. The molecule has 0 unspecified atom stereocenters. The number of nitrogens with one attached hydrogen (secondary N) is 1. The largest absolute Gasteiger partial charge is 0.493 e. The lowest BCUT2D eigenvalue weighted by Crippen LogP contribution is -2.34. The summed E-state index contributed by atoms with van der Waals surface area (Å²) < 4.78 is 13.2. The first-order valence-corrected chi connectivity index (χ1v) is 8.92. The first-order valence-electron chi connectivity index (χ1n) is 8.12. The first-order chi connectivity index (χ1) is 12.5. The molecule has 0 radical (unpaired) electrons. The molecular formula is C20H19BrN2O3. The third-order valence-corrected chi connectivity index (χ3v) is 4.59. The topological polar surface area (TPSA) is 56.2 Å². The van der Waals surface area contributed by atoms with Crippen molar-refractivity contribution in [3.8, 4) is 17.2 Å². The molecule has 0 atom stereocenters. The molecule has 0 fully saturated rings.